The minimum atomic E-state index is -3.13. The molecular formula is C16H21N3O3S2. The maximum atomic E-state index is 11.1. The summed E-state index contributed by atoms with van der Waals surface area (Å²) in [5, 5.41) is 3.11. The first kappa shape index (κ1) is 17.3. The molecule has 2 aromatic rings. The zero-order valence-electron chi connectivity index (χ0n) is 13.6. The van der Waals surface area contributed by atoms with Crippen LogP contribution in [0.1, 0.15) is 5.56 Å². The van der Waals surface area contributed by atoms with Crippen LogP contribution >= 0.6 is 11.3 Å². The number of anilines is 1. The minimum absolute atomic E-state index is 0.413. The number of hydrogen-bond donors (Lipinski definition) is 1. The molecule has 1 aromatic carbocycles. The highest BCUT2D eigenvalue weighted by Crippen LogP contribution is 2.28. The van der Waals surface area contributed by atoms with Gasteiger partial charge in [0.1, 0.15) is 0 Å². The number of morpholine rings is 1. The second-order valence-corrected chi connectivity index (χ2v) is 8.40. The molecule has 0 spiro atoms. The summed E-state index contributed by atoms with van der Waals surface area (Å²) in [6.07, 6.45) is 1.84. The van der Waals surface area contributed by atoms with Gasteiger partial charge in [-0.1, -0.05) is 24.3 Å². The Morgan fingerprint density at radius 1 is 1.25 bits per heavy atom. The van der Waals surface area contributed by atoms with E-state index in [9.17, 15) is 8.42 Å². The second kappa shape index (κ2) is 7.60. The standard InChI is InChI=1S/C16H21N3O3S2/c1-24(20,21)17-7-6-13-2-4-14(5-3-13)15-12-23-16(18-15)19-8-10-22-11-9-19/h2-5,12,17H,6-11H2,1H3. The molecule has 3 rings (SSSR count). The molecular weight excluding hydrogens is 346 g/mol. The molecule has 130 valence electrons. The van der Waals surface area contributed by atoms with Gasteiger partial charge < -0.3 is 9.64 Å². The number of rotatable bonds is 6. The van der Waals surface area contributed by atoms with E-state index in [2.05, 4.69) is 15.0 Å². The van der Waals surface area contributed by atoms with Gasteiger partial charge in [0, 0.05) is 30.6 Å². The molecule has 1 saturated heterocycles. The molecule has 1 aliphatic heterocycles. The zero-order valence-corrected chi connectivity index (χ0v) is 15.2. The van der Waals surface area contributed by atoms with E-state index in [1.807, 2.05) is 24.3 Å². The van der Waals surface area contributed by atoms with Crippen LogP contribution in [0.2, 0.25) is 0 Å². The van der Waals surface area contributed by atoms with Crippen LogP contribution in [-0.2, 0) is 21.2 Å². The largest absolute Gasteiger partial charge is 0.378 e. The fraction of sp³-hybridized carbons (Fsp3) is 0.438. The third-order valence-electron chi connectivity index (χ3n) is 3.80. The van der Waals surface area contributed by atoms with E-state index in [0.29, 0.717) is 13.0 Å². The number of nitrogens with zero attached hydrogens (tertiary/aromatic N) is 2. The molecule has 0 amide bonds. The van der Waals surface area contributed by atoms with E-state index in [1.165, 1.54) is 6.26 Å². The third-order valence-corrected chi connectivity index (χ3v) is 5.43. The number of ether oxygens (including phenoxy) is 1. The van der Waals surface area contributed by atoms with Crippen molar-refractivity contribution in [1.29, 1.82) is 0 Å². The van der Waals surface area contributed by atoms with Crippen LogP contribution in [0.5, 0.6) is 0 Å². The quantitative estimate of drug-likeness (QED) is 0.842. The van der Waals surface area contributed by atoms with Gasteiger partial charge in [-0.2, -0.15) is 0 Å². The summed E-state index contributed by atoms with van der Waals surface area (Å²) in [4.78, 5) is 6.98. The zero-order chi connectivity index (χ0) is 17.0. The number of thiazole rings is 1. The van der Waals surface area contributed by atoms with Gasteiger partial charge in [0.2, 0.25) is 10.0 Å². The summed E-state index contributed by atoms with van der Waals surface area (Å²) in [5.41, 5.74) is 3.14. The Balaban J connectivity index is 1.62. The molecule has 1 fully saturated rings. The van der Waals surface area contributed by atoms with Crippen LogP contribution in [0.3, 0.4) is 0 Å². The van der Waals surface area contributed by atoms with Gasteiger partial charge in [-0.15, -0.1) is 11.3 Å². The molecule has 0 unspecified atom stereocenters. The van der Waals surface area contributed by atoms with Crippen LogP contribution in [0.4, 0.5) is 5.13 Å². The first-order chi connectivity index (χ1) is 11.5. The van der Waals surface area contributed by atoms with Gasteiger partial charge in [-0.3, -0.25) is 0 Å². The molecule has 0 atom stereocenters. The monoisotopic (exact) mass is 367 g/mol. The average molecular weight is 367 g/mol. The molecule has 1 aromatic heterocycles. The van der Waals surface area contributed by atoms with Crippen LogP contribution in [0.15, 0.2) is 29.6 Å². The molecule has 0 bridgehead atoms. The first-order valence-electron chi connectivity index (χ1n) is 7.83. The lowest BCUT2D eigenvalue weighted by Gasteiger charge is -2.26. The van der Waals surface area contributed by atoms with Crippen molar-refractivity contribution in [2.24, 2.45) is 0 Å². The molecule has 1 aliphatic rings. The number of sulfonamides is 1. The molecule has 2 heterocycles. The lowest BCUT2D eigenvalue weighted by Crippen LogP contribution is -2.36. The van der Waals surface area contributed by atoms with Crippen molar-refractivity contribution < 1.29 is 13.2 Å². The Morgan fingerprint density at radius 3 is 2.62 bits per heavy atom. The van der Waals surface area contributed by atoms with Crippen LogP contribution in [0, 0.1) is 0 Å². The highest BCUT2D eigenvalue weighted by atomic mass is 32.2. The Labute approximate surface area is 146 Å². The van der Waals surface area contributed by atoms with E-state index < -0.39 is 10.0 Å². The molecule has 0 saturated carbocycles. The van der Waals surface area contributed by atoms with Gasteiger partial charge in [0.25, 0.3) is 0 Å². The lowest BCUT2D eigenvalue weighted by atomic mass is 10.1. The molecule has 1 N–H and O–H groups in total. The minimum Gasteiger partial charge on any atom is -0.378 e. The van der Waals surface area contributed by atoms with Gasteiger partial charge in [-0.05, 0) is 12.0 Å². The number of hydrogen-bond acceptors (Lipinski definition) is 6. The first-order valence-corrected chi connectivity index (χ1v) is 10.6. The van der Waals surface area contributed by atoms with Gasteiger partial charge in [-0.25, -0.2) is 18.1 Å². The fourth-order valence-corrected chi connectivity index (χ4v) is 3.88. The maximum absolute atomic E-state index is 11.1. The van der Waals surface area contributed by atoms with E-state index in [-0.39, 0.29) is 0 Å². The molecule has 8 heteroatoms. The number of aromatic nitrogens is 1. The summed E-state index contributed by atoms with van der Waals surface area (Å²) < 4.78 is 30.0. The highest BCUT2D eigenvalue weighted by Gasteiger charge is 2.15. The molecule has 6 nitrogen and oxygen atoms in total. The number of nitrogens with one attached hydrogen (secondary N) is 1. The lowest BCUT2D eigenvalue weighted by molar-refractivity contribution is 0.122. The third kappa shape index (κ3) is 4.76. The molecule has 0 radical (unpaired) electrons. The Bertz CT molecular complexity index is 766. The Kier molecular flexibility index (Phi) is 5.50. The topological polar surface area (TPSA) is 71.5 Å². The predicted octanol–water partition coefficient (Wildman–Crippen LogP) is 1.74. The van der Waals surface area contributed by atoms with Gasteiger partial charge >= 0.3 is 0 Å². The van der Waals surface area contributed by atoms with Crippen molar-refractivity contribution in [3.05, 3.63) is 35.2 Å². The summed E-state index contributed by atoms with van der Waals surface area (Å²) in [6, 6.07) is 8.11. The van der Waals surface area contributed by atoms with Crippen molar-refractivity contribution in [3.63, 3.8) is 0 Å². The normalized spacial score (nSPS) is 15.6. The average Bonchev–Trinajstić information content (AvgIpc) is 3.05. The Hall–Kier alpha value is -1.48. The van der Waals surface area contributed by atoms with Crippen molar-refractivity contribution in [3.8, 4) is 11.3 Å². The fourth-order valence-electron chi connectivity index (χ4n) is 2.52. The summed E-state index contributed by atoms with van der Waals surface area (Å²) in [7, 11) is -3.13. The van der Waals surface area contributed by atoms with Crippen molar-refractivity contribution in [1.82, 2.24) is 9.71 Å². The van der Waals surface area contributed by atoms with Crippen LogP contribution < -0.4 is 9.62 Å². The van der Waals surface area contributed by atoms with Crippen molar-refractivity contribution >= 4 is 26.5 Å². The number of benzene rings is 1. The van der Waals surface area contributed by atoms with Crippen LogP contribution in [-0.4, -0.2) is 52.5 Å². The van der Waals surface area contributed by atoms with Gasteiger partial charge in [0.05, 0.1) is 25.2 Å². The smallest absolute Gasteiger partial charge is 0.208 e. The highest BCUT2D eigenvalue weighted by molar-refractivity contribution is 7.88. The van der Waals surface area contributed by atoms with Crippen molar-refractivity contribution in [2.75, 3.05) is 44.0 Å². The van der Waals surface area contributed by atoms with E-state index in [1.54, 1.807) is 11.3 Å². The maximum Gasteiger partial charge on any atom is 0.208 e. The van der Waals surface area contributed by atoms with Gasteiger partial charge in [0.15, 0.2) is 5.13 Å². The van der Waals surface area contributed by atoms with Crippen LogP contribution in [0.25, 0.3) is 11.3 Å². The Morgan fingerprint density at radius 2 is 1.96 bits per heavy atom. The predicted molar refractivity (Wildman–Crippen MR) is 97.1 cm³/mol. The van der Waals surface area contributed by atoms with E-state index in [4.69, 9.17) is 9.72 Å². The summed E-state index contributed by atoms with van der Waals surface area (Å²) in [6.45, 7) is 3.70. The summed E-state index contributed by atoms with van der Waals surface area (Å²) in [5.74, 6) is 0. The summed E-state index contributed by atoms with van der Waals surface area (Å²) >= 11 is 1.65. The molecule has 0 aliphatic carbocycles. The van der Waals surface area contributed by atoms with E-state index in [0.717, 1.165) is 48.3 Å². The SMILES string of the molecule is CS(=O)(=O)NCCc1ccc(-c2csc(N3CCOCC3)n2)cc1. The van der Waals surface area contributed by atoms with E-state index >= 15 is 0 Å². The molecule has 24 heavy (non-hydrogen) atoms. The van der Waals surface area contributed by atoms with Crippen molar-refractivity contribution in [2.45, 2.75) is 6.42 Å². The second-order valence-electron chi connectivity index (χ2n) is 5.73.